The molecule has 2 fully saturated rings. The van der Waals surface area contributed by atoms with Crippen LogP contribution >= 0.6 is 0 Å². The topological polar surface area (TPSA) is 105 Å². The highest BCUT2D eigenvalue weighted by atomic mass is 16.4. The van der Waals surface area contributed by atoms with E-state index in [-0.39, 0.29) is 0 Å². The fourth-order valence-electron chi connectivity index (χ4n) is 4.70. The Bertz CT molecular complexity index is 1500. The van der Waals surface area contributed by atoms with Gasteiger partial charge in [-0.15, -0.1) is 5.10 Å². The molecule has 7 rings (SSSR count). The van der Waals surface area contributed by atoms with Crippen LogP contribution in [-0.4, -0.2) is 61.3 Å². The van der Waals surface area contributed by atoms with Crippen LogP contribution in [0.5, 0.6) is 0 Å². The van der Waals surface area contributed by atoms with Crippen molar-refractivity contribution in [3.63, 3.8) is 0 Å². The second-order valence-electron chi connectivity index (χ2n) is 9.31. The Hall–Kier alpha value is -4.21. The Morgan fingerprint density at radius 3 is 2.60 bits per heavy atom. The Balaban J connectivity index is 1.12. The molecule has 0 amide bonds. The lowest BCUT2D eigenvalue weighted by atomic mass is 10.0. The maximum absolute atomic E-state index is 5.89. The second-order valence-corrected chi connectivity index (χ2v) is 9.31. The second kappa shape index (κ2) is 7.93. The van der Waals surface area contributed by atoms with Gasteiger partial charge in [0.25, 0.3) is 0 Å². The summed E-state index contributed by atoms with van der Waals surface area (Å²) in [5, 5.41) is 21.7. The zero-order chi connectivity index (χ0) is 23.4. The van der Waals surface area contributed by atoms with Gasteiger partial charge in [0.2, 0.25) is 5.89 Å². The highest BCUT2D eigenvalue weighted by Gasteiger charge is 2.31. The number of fused-ring (bicyclic) bond motifs is 1. The third-order valence-electron chi connectivity index (χ3n) is 6.85. The summed E-state index contributed by atoms with van der Waals surface area (Å²) < 4.78 is 7.71. The minimum Gasteiger partial charge on any atom is -0.408 e. The van der Waals surface area contributed by atoms with Crippen molar-refractivity contribution in [2.75, 3.05) is 36.0 Å². The first-order valence-electron chi connectivity index (χ1n) is 12.0. The van der Waals surface area contributed by atoms with E-state index in [1.807, 2.05) is 36.4 Å². The average molecular weight is 468 g/mol. The molecule has 176 valence electrons. The SMILES string of the molecule is Cn1cc(-c2ccc3[nH]nc(-c4ccnc(N5CCN(c6nnc(C7CC7)o6)CC5)c4)c3c2)cn1. The number of aromatic nitrogens is 7. The summed E-state index contributed by atoms with van der Waals surface area (Å²) in [4.78, 5) is 9.13. The van der Waals surface area contributed by atoms with E-state index in [1.54, 1.807) is 0 Å². The van der Waals surface area contributed by atoms with Crippen molar-refractivity contribution in [3.8, 4) is 22.4 Å². The smallest absolute Gasteiger partial charge is 0.318 e. The van der Waals surface area contributed by atoms with E-state index in [0.717, 1.165) is 84.0 Å². The molecule has 10 nitrogen and oxygen atoms in total. The van der Waals surface area contributed by atoms with Crippen LogP contribution in [0.15, 0.2) is 53.3 Å². The quantitative estimate of drug-likeness (QED) is 0.418. The van der Waals surface area contributed by atoms with Crippen molar-refractivity contribution in [1.29, 1.82) is 0 Å². The van der Waals surface area contributed by atoms with Crippen molar-refractivity contribution >= 4 is 22.7 Å². The van der Waals surface area contributed by atoms with Gasteiger partial charge in [0.15, 0.2) is 0 Å². The molecule has 0 spiro atoms. The van der Waals surface area contributed by atoms with E-state index >= 15 is 0 Å². The molecular weight excluding hydrogens is 442 g/mol. The largest absolute Gasteiger partial charge is 0.408 e. The fraction of sp³-hybridized carbons (Fsp3) is 0.320. The van der Waals surface area contributed by atoms with E-state index in [2.05, 4.69) is 64.5 Å². The van der Waals surface area contributed by atoms with E-state index in [9.17, 15) is 0 Å². The monoisotopic (exact) mass is 467 g/mol. The Labute approximate surface area is 201 Å². The molecule has 4 aromatic heterocycles. The van der Waals surface area contributed by atoms with Crippen molar-refractivity contribution in [2.45, 2.75) is 18.8 Å². The number of hydrogen-bond acceptors (Lipinski definition) is 8. The zero-order valence-electron chi connectivity index (χ0n) is 19.4. The third kappa shape index (κ3) is 3.71. The summed E-state index contributed by atoms with van der Waals surface area (Å²) in [5.74, 6) is 2.21. The van der Waals surface area contributed by atoms with Gasteiger partial charge in [-0.05, 0) is 42.7 Å². The summed E-state index contributed by atoms with van der Waals surface area (Å²) in [5.41, 5.74) is 5.17. The van der Waals surface area contributed by atoms with Crippen molar-refractivity contribution in [1.82, 2.24) is 35.2 Å². The molecule has 0 atom stereocenters. The maximum Gasteiger partial charge on any atom is 0.318 e. The third-order valence-corrected chi connectivity index (χ3v) is 6.85. The predicted octanol–water partition coefficient (Wildman–Crippen LogP) is 3.61. The van der Waals surface area contributed by atoms with E-state index < -0.39 is 0 Å². The molecule has 0 bridgehead atoms. The number of benzene rings is 1. The van der Waals surface area contributed by atoms with Crippen LogP contribution in [0.1, 0.15) is 24.7 Å². The van der Waals surface area contributed by atoms with Gasteiger partial charge in [-0.2, -0.15) is 10.2 Å². The number of nitrogens with zero attached hydrogens (tertiary/aromatic N) is 8. The molecular formula is C25H25N9O. The molecule has 1 saturated heterocycles. The summed E-state index contributed by atoms with van der Waals surface area (Å²) in [6.07, 6.45) is 8.09. The zero-order valence-corrected chi connectivity index (χ0v) is 19.4. The number of pyridine rings is 1. The van der Waals surface area contributed by atoms with Gasteiger partial charge in [-0.1, -0.05) is 11.2 Å². The first-order chi connectivity index (χ1) is 17.2. The van der Waals surface area contributed by atoms with E-state index in [0.29, 0.717) is 11.9 Å². The number of aromatic amines is 1. The van der Waals surface area contributed by atoms with Gasteiger partial charge in [0, 0.05) is 68.1 Å². The molecule has 5 heterocycles. The number of piperazine rings is 1. The van der Waals surface area contributed by atoms with Gasteiger partial charge in [-0.25, -0.2) is 4.98 Å². The fourth-order valence-corrected chi connectivity index (χ4v) is 4.70. The summed E-state index contributed by atoms with van der Waals surface area (Å²) >= 11 is 0. The number of anilines is 2. The first kappa shape index (κ1) is 20.2. The Kier molecular flexibility index (Phi) is 4.58. The number of nitrogens with one attached hydrogen (secondary N) is 1. The Morgan fingerprint density at radius 1 is 0.943 bits per heavy atom. The molecule has 35 heavy (non-hydrogen) atoms. The van der Waals surface area contributed by atoms with Gasteiger partial charge in [0.1, 0.15) is 11.5 Å². The highest BCUT2D eigenvalue weighted by molar-refractivity contribution is 5.95. The van der Waals surface area contributed by atoms with E-state index in [4.69, 9.17) is 4.42 Å². The molecule has 1 aliphatic carbocycles. The molecule has 1 N–H and O–H groups in total. The van der Waals surface area contributed by atoms with Crippen molar-refractivity contribution < 1.29 is 4.42 Å². The lowest BCUT2D eigenvalue weighted by molar-refractivity contribution is 0.475. The van der Waals surface area contributed by atoms with Crippen LogP contribution in [0.25, 0.3) is 33.3 Å². The number of rotatable bonds is 5. The maximum atomic E-state index is 5.89. The molecule has 2 aliphatic rings. The highest BCUT2D eigenvalue weighted by Crippen LogP contribution is 2.40. The van der Waals surface area contributed by atoms with Gasteiger partial charge >= 0.3 is 6.01 Å². The first-order valence-corrected chi connectivity index (χ1v) is 12.0. The number of H-pyrrole nitrogens is 1. The number of hydrogen-bond donors (Lipinski definition) is 1. The number of aryl methyl sites for hydroxylation is 1. The van der Waals surface area contributed by atoms with Gasteiger partial charge in [0.05, 0.1) is 11.7 Å². The van der Waals surface area contributed by atoms with E-state index in [1.165, 1.54) is 0 Å². The van der Waals surface area contributed by atoms with Crippen LogP contribution in [0, 0.1) is 0 Å². The van der Waals surface area contributed by atoms with Crippen LogP contribution in [0.4, 0.5) is 11.8 Å². The van der Waals surface area contributed by atoms with Crippen LogP contribution < -0.4 is 9.80 Å². The van der Waals surface area contributed by atoms with Gasteiger partial charge < -0.3 is 14.2 Å². The molecule has 0 unspecified atom stereocenters. The predicted molar refractivity (Wildman–Crippen MR) is 132 cm³/mol. The standard InChI is InChI=1S/C25H25N9O/c1-32-15-19(14-27-32)17-4-5-21-20(12-17)23(29-28-21)18-6-7-26-22(13-18)33-8-10-34(11-9-33)25-31-30-24(35-25)16-2-3-16/h4-7,12-16H,2-3,8-11H2,1H3,(H,28,29). The molecule has 1 saturated carbocycles. The minimum atomic E-state index is 0.475. The minimum absolute atomic E-state index is 0.475. The normalized spacial score (nSPS) is 16.4. The Morgan fingerprint density at radius 2 is 1.80 bits per heavy atom. The van der Waals surface area contributed by atoms with Crippen LogP contribution in [-0.2, 0) is 7.05 Å². The summed E-state index contributed by atoms with van der Waals surface area (Å²) in [6.45, 7) is 3.31. The molecule has 10 heteroatoms. The van der Waals surface area contributed by atoms with Gasteiger partial charge in [-0.3, -0.25) is 9.78 Å². The molecule has 1 aromatic carbocycles. The molecule has 5 aromatic rings. The van der Waals surface area contributed by atoms with Crippen molar-refractivity contribution in [2.24, 2.45) is 7.05 Å². The van der Waals surface area contributed by atoms with Crippen molar-refractivity contribution in [3.05, 3.63) is 54.8 Å². The van der Waals surface area contributed by atoms with Crippen LogP contribution in [0.2, 0.25) is 0 Å². The molecule has 1 aliphatic heterocycles. The lowest BCUT2D eigenvalue weighted by Gasteiger charge is -2.34. The average Bonchev–Trinajstić information content (AvgIpc) is 3.28. The summed E-state index contributed by atoms with van der Waals surface area (Å²) in [7, 11) is 1.93. The lowest BCUT2D eigenvalue weighted by Crippen LogP contribution is -2.47. The van der Waals surface area contributed by atoms with Crippen LogP contribution in [0.3, 0.4) is 0 Å². The molecule has 0 radical (unpaired) electrons. The summed E-state index contributed by atoms with van der Waals surface area (Å²) in [6, 6.07) is 11.1.